The maximum atomic E-state index is 12.0. The Morgan fingerprint density at radius 1 is 1.05 bits per heavy atom. The van der Waals surface area contributed by atoms with Crippen LogP contribution in [0, 0.1) is 0 Å². The van der Waals surface area contributed by atoms with E-state index in [1.165, 1.54) is 37.0 Å². The molecule has 0 spiro atoms. The lowest BCUT2D eigenvalue weighted by atomic mass is 10.1. The second-order valence-electron chi connectivity index (χ2n) is 5.35. The van der Waals surface area contributed by atoms with E-state index in [1.807, 2.05) is 6.92 Å². The third-order valence-corrected chi connectivity index (χ3v) is 3.76. The lowest BCUT2D eigenvalue weighted by molar-refractivity contribution is -0.149. The number of carbonyl (C=O) groups excluding carboxylic acids is 2. The fourth-order valence-electron chi connectivity index (χ4n) is 2.49. The number of rotatable bonds is 9. The van der Waals surface area contributed by atoms with Gasteiger partial charge in [-0.1, -0.05) is 52.4 Å². The van der Waals surface area contributed by atoms with Gasteiger partial charge in [0, 0.05) is 6.54 Å². The van der Waals surface area contributed by atoms with Crippen molar-refractivity contribution in [3.05, 3.63) is 0 Å². The molecule has 0 aromatic rings. The van der Waals surface area contributed by atoms with Gasteiger partial charge in [-0.15, -0.1) is 0 Å². The average Bonchev–Trinajstić information content (AvgIpc) is 2.41. The summed E-state index contributed by atoms with van der Waals surface area (Å²) in [4.78, 5) is 25.2. The van der Waals surface area contributed by atoms with E-state index in [4.69, 9.17) is 0 Å². The fourth-order valence-corrected chi connectivity index (χ4v) is 2.49. The number of unbranched alkanes of at least 4 members (excludes halogenated alkanes) is 6. The van der Waals surface area contributed by atoms with Crippen molar-refractivity contribution in [1.82, 2.24) is 10.2 Å². The molecule has 1 aliphatic heterocycles. The summed E-state index contributed by atoms with van der Waals surface area (Å²) in [6, 6.07) is -0.165. The van der Waals surface area contributed by atoms with E-state index in [9.17, 15) is 9.59 Å². The van der Waals surface area contributed by atoms with Gasteiger partial charge in [0.2, 0.25) is 11.8 Å². The molecule has 19 heavy (non-hydrogen) atoms. The van der Waals surface area contributed by atoms with Crippen LogP contribution in [0.5, 0.6) is 0 Å². The van der Waals surface area contributed by atoms with Crippen LogP contribution in [-0.2, 0) is 9.59 Å². The van der Waals surface area contributed by atoms with E-state index in [-0.39, 0.29) is 17.9 Å². The largest absolute Gasteiger partial charge is 0.297 e. The minimum absolute atomic E-state index is 0.0373. The van der Waals surface area contributed by atoms with Crippen LogP contribution in [0.15, 0.2) is 0 Å². The Hall–Kier alpha value is -0.900. The number of imide groups is 1. The minimum atomic E-state index is -0.165. The highest BCUT2D eigenvalue weighted by Crippen LogP contribution is 2.10. The molecule has 0 aromatic heterocycles. The molecule has 1 atom stereocenters. The Kier molecular flexibility index (Phi) is 7.72. The Morgan fingerprint density at radius 3 is 2.32 bits per heavy atom. The van der Waals surface area contributed by atoms with Crippen molar-refractivity contribution in [2.24, 2.45) is 0 Å². The third-order valence-electron chi connectivity index (χ3n) is 3.76. The van der Waals surface area contributed by atoms with E-state index < -0.39 is 0 Å². The summed E-state index contributed by atoms with van der Waals surface area (Å²) in [5, 5.41) is 2.98. The molecule has 4 nitrogen and oxygen atoms in total. The maximum absolute atomic E-state index is 12.0. The van der Waals surface area contributed by atoms with Gasteiger partial charge >= 0.3 is 0 Å². The van der Waals surface area contributed by atoms with Gasteiger partial charge in [-0.2, -0.15) is 0 Å². The number of hydrogen-bond donors (Lipinski definition) is 1. The molecule has 1 aliphatic rings. The van der Waals surface area contributed by atoms with Gasteiger partial charge < -0.3 is 0 Å². The van der Waals surface area contributed by atoms with E-state index in [0.29, 0.717) is 13.1 Å². The number of carbonyl (C=O) groups is 2. The van der Waals surface area contributed by atoms with E-state index in [0.717, 1.165) is 19.3 Å². The summed E-state index contributed by atoms with van der Waals surface area (Å²) < 4.78 is 0. The van der Waals surface area contributed by atoms with Crippen LogP contribution in [-0.4, -0.2) is 35.8 Å². The van der Waals surface area contributed by atoms with Crippen LogP contribution in [0.3, 0.4) is 0 Å². The first kappa shape index (κ1) is 16.2. The van der Waals surface area contributed by atoms with E-state index >= 15 is 0 Å². The van der Waals surface area contributed by atoms with Crippen LogP contribution in [0.25, 0.3) is 0 Å². The quantitative estimate of drug-likeness (QED) is 0.516. The molecule has 0 aromatic carbocycles. The zero-order chi connectivity index (χ0) is 14.1. The van der Waals surface area contributed by atoms with Crippen molar-refractivity contribution in [2.75, 3.05) is 13.1 Å². The highest BCUT2D eigenvalue weighted by atomic mass is 16.2. The molecule has 1 fully saturated rings. The Labute approximate surface area is 116 Å². The SMILES string of the molecule is CCCCCCCCCN1C(=O)CNC(CC)C1=O. The minimum Gasteiger partial charge on any atom is -0.297 e. The van der Waals surface area contributed by atoms with Gasteiger partial charge in [0.1, 0.15) is 0 Å². The second kappa shape index (κ2) is 9.08. The van der Waals surface area contributed by atoms with Crippen LogP contribution in [0.1, 0.15) is 65.2 Å². The molecule has 1 N–H and O–H groups in total. The van der Waals surface area contributed by atoms with Crippen LogP contribution >= 0.6 is 0 Å². The topological polar surface area (TPSA) is 49.4 Å². The number of piperazine rings is 1. The number of amides is 2. The highest BCUT2D eigenvalue weighted by Gasteiger charge is 2.31. The predicted molar refractivity (Wildman–Crippen MR) is 76.8 cm³/mol. The van der Waals surface area contributed by atoms with Crippen LogP contribution in [0.4, 0.5) is 0 Å². The van der Waals surface area contributed by atoms with Gasteiger partial charge in [0.05, 0.1) is 12.6 Å². The van der Waals surface area contributed by atoms with Crippen molar-refractivity contribution in [2.45, 2.75) is 71.3 Å². The molecule has 110 valence electrons. The van der Waals surface area contributed by atoms with Crippen molar-refractivity contribution >= 4 is 11.8 Å². The van der Waals surface area contributed by atoms with Crippen molar-refractivity contribution < 1.29 is 9.59 Å². The average molecular weight is 268 g/mol. The summed E-state index contributed by atoms with van der Waals surface area (Å²) in [6.07, 6.45) is 9.18. The lowest BCUT2D eigenvalue weighted by Crippen LogP contribution is -2.57. The molecule has 0 radical (unpaired) electrons. The summed E-state index contributed by atoms with van der Waals surface area (Å²) >= 11 is 0. The van der Waals surface area contributed by atoms with Gasteiger partial charge in [-0.3, -0.25) is 19.8 Å². The smallest absolute Gasteiger partial charge is 0.246 e. The maximum Gasteiger partial charge on any atom is 0.246 e. The second-order valence-corrected chi connectivity index (χ2v) is 5.35. The van der Waals surface area contributed by atoms with Gasteiger partial charge in [-0.05, 0) is 12.8 Å². The molecule has 1 heterocycles. The predicted octanol–water partition coefficient (Wildman–Crippen LogP) is 2.47. The van der Waals surface area contributed by atoms with E-state index in [2.05, 4.69) is 12.2 Å². The molecular formula is C15H28N2O2. The Bertz CT molecular complexity index is 292. The summed E-state index contributed by atoms with van der Waals surface area (Å²) in [5.74, 6) is -0.106. The molecule has 0 saturated carbocycles. The van der Waals surface area contributed by atoms with Crippen molar-refractivity contribution in [1.29, 1.82) is 0 Å². The van der Waals surface area contributed by atoms with Gasteiger partial charge in [0.25, 0.3) is 0 Å². The Balaban J connectivity index is 2.19. The molecule has 0 bridgehead atoms. The Morgan fingerprint density at radius 2 is 1.68 bits per heavy atom. The fraction of sp³-hybridized carbons (Fsp3) is 0.867. The monoisotopic (exact) mass is 268 g/mol. The zero-order valence-corrected chi connectivity index (χ0v) is 12.4. The zero-order valence-electron chi connectivity index (χ0n) is 12.4. The molecule has 4 heteroatoms. The summed E-state index contributed by atoms with van der Waals surface area (Å²) in [7, 11) is 0. The molecule has 1 unspecified atom stereocenters. The lowest BCUT2D eigenvalue weighted by Gasteiger charge is -2.31. The van der Waals surface area contributed by atoms with Crippen LogP contribution in [0.2, 0.25) is 0 Å². The molecule has 0 aliphatic carbocycles. The molecule has 1 saturated heterocycles. The highest BCUT2D eigenvalue weighted by molar-refractivity contribution is 6.01. The standard InChI is InChI=1S/C15H28N2O2/c1-3-5-6-7-8-9-10-11-17-14(18)12-16-13(4-2)15(17)19/h13,16H,3-12H2,1-2H3. The molecular weight excluding hydrogens is 240 g/mol. The first-order valence-electron chi connectivity index (χ1n) is 7.78. The normalized spacial score (nSPS) is 20.1. The summed E-state index contributed by atoms with van der Waals surface area (Å²) in [6.45, 7) is 5.09. The summed E-state index contributed by atoms with van der Waals surface area (Å²) in [5.41, 5.74) is 0. The van der Waals surface area contributed by atoms with Crippen molar-refractivity contribution in [3.8, 4) is 0 Å². The first-order chi connectivity index (χ1) is 9.20. The third kappa shape index (κ3) is 5.31. The molecule has 2 amide bonds. The molecule has 1 rings (SSSR count). The number of nitrogens with one attached hydrogen (secondary N) is 1. The van der Waals surface area contributed by atoms with Crippen molar-refractivity contribution in [3.63, 3.8) is 0 Å². The number of nitrogens with zero attached hydrogens (tertiary/aromatic N) is 1. The van der Waals surface area contributed by atoms with Crippen LogP contribution < -0.4 is 5.32 Å². The van der Waals surface area contributed by atoms with E-state index in [1.54, 1.807) is 0 Å². The van der Waals surface area contributed by atoms with Gasteiger partial charge in [-0.25, -0.2) is 0 Å². The number of hydrogen-bond acceptors (Lipinski definition) is 3. The van der Waals surface area contributed by atoms with Gasteiger partial charge in [0.15, 0.2) is 0 Å². The first-order valence-corrected chi connectivity index (χ1v) is 7.78.